The van der Waals surface area contributed by atoms with E-state index in [1.807, 2.05) is 79.1 Å². The lowest BCUT2D eigenvalue weighted by Gasteiger charge is -2.14. The summed E-state index contributed by atoms with van der Waals surface area (Å²) in [6, 6.07) is 55.0. The van der Waals surface area contributed by atoms with E-state index in [-0.39, 0.29) is 0 Å². The van der Waals surface area contributed by atoms with Crippen molar-refractivity contribution in [2.24, 2.45) is 0 Å². The minimum absolute atomic E-state index is 0.640. The van der Waals surface area contributed by atoms with E-state index in [1.165, 1.54) is 33.4 Å². The normalized spacial score (nSPS) is 11.6. The van der Waals surface area contributed by atoms with Crippen molar-refractivity contribution in [3.8, 4) is 78.7 Å². The monoisotopic (exact) mass is 626 g/mol. The van der Waals surface area contributed by atoms with E-state index in [0.717, 1.165) is 45.4 Å². The summed E-state index contributed by atoms with van der Waals surface area (Å²) < 4.78 is 0. The number of hydrogen-bond donors (Lipinski definition) is 0. The molecule has 0 N–H and O–H groups in total. The Bertz CT molecular complexity index is 2380. The van der Waals surface area contributed by atoms with E-state index in [9.17, 15) is 0 Å². The van der Waals surface area contributed by atoms with Crippen molar-refractivity contribution in [1.29, 1.82) is 0 Å². The second-order valence-electron chi connectivity index (χ2n) is 12.3. The molecule has 0 amide bonds. The summed E-state index contributed by atoms with van der Waals surface area (Å²) in [6.07, 6.45) is 4.63. The Morgan fingerprint density at radius 1 is 0.327 bits per heavy atom. The maximum Gasteiger partial charge on any atom is 0.164 e. The van der Waals surface area contributed by atoms with Crippen molar-refractivity contribution in [2.45, 2.75) is 6.42 Å². The van der Waals surface area contributed by atoms with Crippen LogP contribution in [0.4, 0.5) is 0 Å². The molecule has 0 atom stereocenters. The first kappa shape index (κ1) is 28.7. The molecule has 0 aliphatic heterocycles. The molecule has 4 nitrogen and oxygen atoms in total. The first-order valence-electron chi connectivity index (χ1n) is 16.5. The summed E-state index contributed by atoms with van der Waals surface area (Å²) in [7, 11) is 0. The van der Waals surface area contributed by atoms with Crippen LogP contribution in [0, 0.1) is 0 Å². The Hall–Kier alpha value is -6.52. The minimum Gasteiger partial charge on any atom is -0.264 e. The Balaban J connectivity index is 1.23. The van der Waals surface area contributed by atoms with E-state index in [2.05, 4.69) is 96.0 Å². The van der Waals surface area contributed by atoms with Gasteiger partial charge in [0.05, 0.1) is 0 Å². The average Bonchev–Trinajstić information content (AvgIpc) is 3.58. The second-order valence-corrected chi connectivity index (χ2v) is 12.3. The zero-order valence-electron chi connectivity index (χ0n) is 26.7. The summed E-state index contributed by atoms with van der Waals surface area (Å²) in [5, 5.41) is 0. The number of pyridine rings is 1. The molecular weight excluding hydrogens is 597 g/mol. The molecule has 0 saturated heterocycles. The zero-order valence-corrected chi connectivity index (χ0v) is 26.7. The fourth-order valence-electron chi connectivity index (χ4n) is 6.95. The van der Waals surface area contributed by atoms with Gasteiger partial charge in [-0.2, -0.15) is 0 Å². The number of rotatable bonds is 6. The fraction of sp³-hybridized carbons (Fsp3) is 0.0222. The second kappa shape index (κ2) is 12.3. The first-order chi connectivity index (χ1) is 24.3. The zero-order chi connectivity index (χ0) is 32.6. The molecule has 6 aromatic carbocycles. The third kappa shape index (κ3) is 5.39. The van der Waals surface area contributed by atoms with Gasteiger partial charge >= 0.3 is 0 Å². The average molecular weight is 627 g/mol. The highest BCUT2D eigenvalue weighted by Gasteiger charge is 2.25. The summed E-state index contributed by atoms with van der Waals surface area (Å²) in [6.45, 7) is 0. The lowest BCUT2D eigenvalue weighted by molar-refractivity contribution is 1.07. The van der Waals surface area contributed by atoms with Crippen LogP contribution in [-0.4, -0.2) is 19.9 Å². The number of nitrogens with zero attached hydrogens (tertiary/aromatic N) is 4. The molecule has 0 radical (unpaired) electrons. The van der Waals surface area contributed by atoms with Crippen LogP contribution in [-0.2, 0) is 6.42 Å². The van der Waals surface area contributed by atoms with Crippen LogP contribution in [0.2, 0.25) is 0 Å². The third-order valence-corrected chi connectivity index (χ3v) is 9.28. The highest BCUT2D eigenvalue weighted by molar-refractivity contribution is 5.91. The van der Waals surface area contributed by atoms with E-state index in [1.54, 1.807) is 0 Å². The van der Waals surface area contributed by atoms with Crippen LogP contribution >= 0.6 is 0 Å². The van der Waals surface area contributed by atoms with Gasteiger partial charge in [-0.1, -0.05) is 133 Å². The van der Waals surface area contributed by atoms with Crippen molar-refractivity contribution in [1.82, 2.24) is 19.9 Å². The molecule has 0 saturated carbocycles. The fourth-order valence-corrected chi connectivity index (χ4v) is 6.95. The van der Waals surface area contributed by atoms with Crippen molar-refractivity contribution in [3.05, 3.63) is 181 Å². The predicted molar refractivity (Wildman–Crippen MR) is 198 cm³/mol. The van der Waals surface area contributed by atoms with Gasteiger partial charge in [0, 0.05) is 34.6 Å². The summed E-state index contributed by atoms with van der Waals surface area (Å²) in [4.78, 5) is 19.5. The van der Waals surface area contributed by atoms with Crippen LogP contribution < -0.4 is 0 Å². The molecule has 1 aliphatic carbocycles. The van der Waals surface area contributed by atoms with Crippen LogP contribution in [0.3, 0.4) is 0 Å². The lowest BCUT2D eigenvalue weighted by atomic mass is 9.91. The largest absolute Gasteiger partial charge is 0.264 e. The maximum absolute atomic E-state index is 5.09. The molecule has 2 aromatic heterocycles. The molecule has 4 heteroatoms. The van der Waals surface area contributed by atoms with E-state index in [4.69, 9.17) is 15.0 Å². The number of aromatic nitrogens is 4. The van der Waals surface area contributed by atoms with E-state index >= 15 is 0 Å². The minimum atomic E-state index is 0.640. The number of benzene rings is 6. The predicted octanol–water partition coefficient (Wildman–Crippen LogP) is 10.8. The highest BCUT2D eigenvalue weighted by atomic mass is 15.0. The summed E-state index contributed by atoms with van der Waals surface area (Å²) in [5.41, 5.74) is 15.1. The van der Waals surface area contributed by atoms with Gasteiger partial charge < -0.3 is 0 Å². The molecule has 0 bridgehead atoms. The van der Waals surface area contributed by atoms with Crippen molar-refractivity contribution in [3.63, 3.8) is 0 Å². The van der Waals surface area contributed by atoms with Gasteiger partial charge in [-0.05, 0) is 80.8 Å². The van der Waals surface area contributed by atoms with Gasteiger partial charge in [-0.15, -0.1) is 0 Å². The van der Waals surface area contributed by atoms with Crippen LogP contribution in [0.5, 0.6) is 0 Å². The van der Waals surface area contributed by atoms with Crippen LogP contribution in [0.1, 0.15) is 11.1 Å². The smallest absolute Gasteiger partial charge is 0.164 e. The Labute approximate surface area is 285 Å². The van der Waals surface area contributed by atoms with Crippen LogP contribution in [0.25, 0.3) is 78.7 Å². The van der Waals surface area contributed by atoms with E-state index in [0.29, 0.717) is 17.5 Å². The van der Waals surface area contributed by atoms with Crippen molar-refractivity contribution < 1.29 is 0 Å². The first-order valence-corrected chi connectivity index (χ1v) is 16.5. The molecule has 9 rings (SSSR count). The Morgan fingerprint density at radius 2 is 0.776 bits per heavy atom. The molecular formula is C45H30N4. The Kier molecular flexibility index (Phi) is 7.17. The molecule has 0 spiro atoms. The Morgan fingerprint density at radius 3 is 1.33 bits per heavy atom. The highest BCUT2D eigenvalue weighted by Crippen LogP contribution is 2.46. The summed E-state index contributed by atoms with van der Waals surface area (Å²) in [5.74, 6) is 1.94. The molecule has 49 heavy (non-hydrogen) atoms. The van der Waals surface area contributed by atoms with Gasteiger partial charge in [0.1, 0.15) is 0 Å². The maximum atomic E-state index is 5.09. The molecule has 2 heterocycles. The van der Waals surface area contributed by atoms with Gasteiger partial charge in [-0.3, -0.25) is 4.98 Å². The molecule has 8 aromatic rings. The van der Waals surface area contributed by atoms with Crippen molar-refractivity contribution >= 4 is 0 Å². The standard InChI is InChI=1S/C45H30N4/c1-4-13-30(14-5-1)34-25-35(38-21-11-23-40-39-22-10-20-37(41(39)28-42(38)40)33-19-12-24-46-29-33)27-36(26-34)45-48-43(31-15-6-2-7-16-31)47-44(49-45)32-17-8-3-9-18-32/h1-27,29H,28H2. The quantitative estimate of drug-likeness (QED) is 0.184. The van der Waals surface area contributed by atoms with Crippen LogP contribution in [0.15, 0.2) is 170 Å². The van der Waals surface area contributed by atoms with Gasteiger partial charge in [0.25, 0.3) is 0 Å². The molecule has 1 aliphatic rings. The number of fused-ring (bicyclic) bond motifs is 3. The number of hydrogen-bond acceptors (Lipinski definition) is 4. The van der Waals surface area contributed by atoms with Gasteiger partial charge in [-0.25, -0.2) is 15.0 Å². The van der Waals surface area contributed by atoms with Crippen molar-refractivity contribution in [2.75, 3.05) is 0 Å². The molecule has 0 unspecified atom stereocenters. The topological polar surface area (TPSA) is 51.6 Å². The van der Waals surface area contributed by atoms with Gasteiger partial charge in [0.2, 0.25) is 0 Å². The lowest BCUT2D eigenvalue weighted by Crippen LogP contribution is -2.00. The van der Waals surface area contributed by atoms with Gasteiger partial charge in [0.15, 0.2) is 17.5 Å². The SMILES string of the molecule is c1ccc(-c2cc(-c3nc(-c4ccccc4)nc(-c4ccccc4)n3)cc(-c3cccc4c3Cc3c(-c5cccnc5)cccc3-4)c2)cc1. The van der Waals surface area contributed by atoms with E-state index < -0.39 is 0 Å². The molecule has 0 fully saturated rings. The molecule has 230 valence electrons. The third-order valence-electron chi connectivity index (χ3n) is 9.28. The summed E-state index contributed by atoms with van der Waals surface area (Å²) >= 11 is 0.